The molecule has 0 fully saturated rings. The molecule has 0 amide bonds. The first kappa shape index (κ1) is 25.2. The van der Waals surface area contributed by atoms with Gasteiger partial charge in [-0.2, -0.15) is 0 Å². The molecule has 0 aliphatic heterocycles. The van der Waals surface area contributed by atoms with Crippen LogP contribution in [0.2, 0.25) is 0 Å². The van der Waals surface area contributed by atoms with Crippen molar-refractivity contribution in [2.24, 2.45) is 0 Å². The number of benzene rings is 4. The van der Waals surface area contributed by atoms with Crippen molar-refractivity contribution in [1.82, 2.24) is 0 Å². The van der Waals surface area contributed by atoms with Gasteiger partial charge in [0.1, 0.15) is 0 Å². The van der Waals surface area contributed by atoms with Gasteiger partial charge < -0.3 is 4.90 Å². The summed E-state index contributed by atoms with van der Waals surface area (Å²) < 4.78 is 1.30. The summed E-state index contributed by atoms with van der Waals surface area (Å²) in [5.74, 6) is 0. The SMILES string of the molecule is C=C1/C=C\C=C/Cc2sc3c(N(c4ccccc4)c4ccc(C(C)(C)C)cc4)cccc3c2-c2ccccc21. The van der Waals surface area contributed by atoms with Crippen LogP contribution in [-0.4, -0.2) is 0 Å². The second-order valence-corrected chi connectivity index (χ2v) is 12.2. The predicted octanol–water partition coefficient (Wildman–Crippen LogP) is 11.0. The van der Waals surface area contributed by atoms with Crippen molar-refractivity contribution in [3.8, 4) is 11.1 Å². The largest absolute Gasteiger partial charge is 0.309 e. The molecule has 0 unspecified atom stereocenters. The fourth-order valence-corrected chi connectivity index (χ4v) is 6.67. The zero-order valence-electron chi connectivity index (χ0n) is 22.8. The van der Waals surface area contributed by atoms with Gasteiger partial charge in [-0.15, -0.1) is 11.3 Å². The van der Waals surface area contributed by atoms with Crippen molar-refractivity contribution < 1.29 is 0 Å². The van der Waals surface area contributed by atoms with Gasteiger partial charge in [-0.1, -0.05) is 118 Å². The fourth-order valence-electron chi connectivity index (χ4n) is 5.38. The number of allylic oxidation sites excluding steroid dienone is 5. The van der Waals surface area contributed by atoms with Crippen molar-refractivity contribution in [2.45, 2.75) is 32.6 Å². The Hall–Kier alpha value is -4.14. The van der Waals surface area contributed by atoms with Gasteiger partial charge in [-0.25, -0.2) is 0 Å². The number of hydrogen-bond donors (Lipinski definition) is 0. The molecule has 0 radical (unpaired) electrons. The van der Waals surface area contributed by atoms with E-state index in [1.807, 2.05) is 11.3 Å². The summed E-state index contributed by atoms with van der Waals surface area (Å²) in [5.41, 5.74) is 9.75. The lowest BCUT2D eigenvalue weighted by atomic mass is 9.87. The highest BCUT2D eigenvalue weighted by Gasteiger charge is 2.23. The summed E-state index contributed by atoms with van der Waals surface area (Å²) in [4.78, 5) is 3.78. The smallest absolute Gasteiger partial charge is 0.0640 e. The third kappa shape index (κ3) is 4.77. The molecule has 0 N–H and O–H groups in total. The second-order valence-electron chi connectivity index (χ2n) is 11.1. The highest BCUT2D eigenvalue weighted by molar-refractivity contribution is 7.20. The van der Waals surface area contributed by atoms with Crippen LogP contribution in [0.1, 0.15) is 36.8 Å². The van der Waals surface area contributed by atoms with Gasteiger partial charge in [0.25, 0.3) is 0 Å². The van der Waals surface area contributed by atoms with Crippen LogP contribution in [-0.2, 0) is 11.8 Å². The van der Waals surface area contributed by atoms with Crippen LogP contribution in [0.15, 0.2) is 128 Å². The second kappa shape index (κ2) is 10.2. The first-order valence-corrected chi connectivity index (χ1v) is 14.4. The van der Waals surface area contributed by atoms with Gasteiger partial charge in [0, 0.05) is 33.6 Å². The molecule has 1 heterocycles. The van der Waals surface area contributed by atoms with Crippen molar-refractivity contribution in [1.29, 1.82) is 0 Å². The van der Waals surface area contributed by atoms with E-state index >= 15 is 0 Å². The normalized spacial score (nSPS) is 14.9. The Morgan fingerprint density at radius 3 is 2.15 bits per heavy atom. The number of para-hydroxylation sites is 1. The van der Waals surface area contributed by atoms with Crippen LogP contribution < -0.4 is 4.90 Å². The summed E-state index contributed by atoms with van der Waals surface area (Å²) in [5, 5.41) is 1.29. The minimum Gasteiger partial charge on any atom is -0.309 e. The maximum Gasteiger partial charge on any atom is 0.0640 e. The lowest BCUT2D eigenvalue weighted by Crippen LogP contribution is -2.13. The van der Waals surface area contributed by atoms with Gasteiger partial charge in [0.05, 0.1) is 10.4 Å². The Labute approximate surface area is 236 Å². The Morgan fingerprint density at radius 1 is 0.718 bits per heavy atom. The van der Waals surface area contributed by atoms with Gasteiger partial charge in [-0.05, 0) is 58.0 Å². The maximum absolute atomic E-state index is 4.39. The lowest BCUT2D eigenvalue weighted by Gasteiger charge is -2.27. The van der Waals surface area contributed by atoms with Crippen molar-refractivity contribution in [3.63, 3.8) is 0 Å². The van der Waals surface area contributed by atoms with Crippen LogP contribution in [0.25, 0.3) is 26.8 Å². The molecule has 39 heavy (non-hydrogen) atoms. The molecular weight excluding hydrogens is 490 g/mol. The highest BCUT2D eigenvalue weighted by atomic mass is 32.1. The molecule has 1 aliphatic carbocycles. The molecule has 6 rings (SSSR count). The molecule has 0 bridgehead atoms. The molecule has 0 saturated heterocycles. The van der Waals surface area contributed by atoms with Gasteiger partial charge in [-0.3, -0.25) is 0 Å². The van der Waals surface area contributed by atoms with Crippen molar-refractivity contribution >= 4 is 44.1 Å². The van der Waals surface area contributed by atoms with E-state index in [9.17, 15) is 0 Å². The van der Waals surface area contributed by atoms with Crippen LogP contribution in [0.4, 0.5) is 17.1 Å². The van der Waals surface area contributed by atoms with Crippen LogP contribution in [0.5, 0.6) is 0 Å². The highest BCUT2D eigenvalue weighted by Crippen LogP contribution is 2.48. The van der Waals surface area contributed by atoms with Gasteiger partial charge in [0.15, 0.2) is 0 Å². The average molecular weight is 524 g/mol. The van der Waals surface area contributed by atoms with Crippen LogP contribution in [0, 0.1) is 0 Å². The molecule has 4 aromatic carbocycles. The third-order valence-electron chi connectivity index (χ3n) is 7.40. The minimum absolute atomic E-state index is 0.108. The van der Waals surface area contributed by atoms with Crippen molar-refractivity contribution in [2.75, 3.05) is 4.90 Å². The van der Waals surface area contributed by atoms with Crippen LogP contribution in [0.3, 0.4) is 0 Å². The molecule has 0 atom stereocenters. The molecule has 1 aliphatic rings. The summed E-state index contributed by atoms with van der Waals surface area (Å²) >= 11 is 1.91. The zero-order chi connectivity index (χ0) is 27.0. The summed E-state index contributed by atoms with van der Waals surface area (Å²) in [6.45, 7) is 11.2. The number of hydrogen-bond acceptors (Lipinski definition) is 2. The quantitative estimate of drug-likeness (QED) is 0.227. The number of thiophene rings is 1. The maximum atomic E-state index is 4.39. The van der Waals surface area contributed by atoms with Crippen LogP contribution >= 0.6 is 11.3 Å². The standard InChI is InChI=1S/C37H33NS/c1-26-14-7-5-10-21-34-35(31-18-12-11-17-30(26)31)32-19-13-20-33(36(32)39-34)38(28-15-8-6-9-16-28)29-24-22-27(23-25-29)37(2,3)4/h5-20,22-25H,1,21H2,2-4H3/b10-5-,14-7-. The Balaban J connectivity index is 1.60. The van der Waals surface area contributed by atoms with E-state index < -0.39 is 0 Å². The summed E-state index contributed by atoms with van der Waals surface area (Å²) in [7, 11) is 0. The number of nitrogens with zero attached hydrogens (tertiary/aromatic N) is 1. The fraction of sp³-hybridized carbons (Fsp3) is 0.135. The van der Waals surface area contributed by atoms with Gasteiger partial charge in [0.2, 0.25) is 0 Å². The van der Waals surface area contributed by atoms with Crippen molar-refractivity contribution in [3.05, 3.63) is 144 Å². The third-order valence-corrected chi connectivity index (χ3v) is 8.66. The average Bonchev–Trinajstić information content (AvgIpc) is 3.32. The molecule has 1 aromatic heterocycles. The molecular formula is C37H33NS. The topological polar surface area (TPSA) is 3.24 Å². The Kier molecular flexibility index (Phi) is 6.58. The van der Waals surface area contributed by atoms with E-state index in [0.29, 0.717) is 0 Å². The summed E-state index contributed by atoms with van der Waals surface area (Å²) in [6.07, 6.45) is 9.50. The Bertz CT molecular complexity index is 1710. The first-order valence-electron chi connectivity index (χ1n) is 13.5. The number of fused-ring (bicyclic) bond motifs is 5. The molecule has 0 spiro atoms. The van der Waals surface area contributed by atoms with Gasteiger partial charge >= 0.3 is 0 Å². The number of rotatable bonds is 3. The zero-order valence-corrected chi connectivity index (χ0v) is 23.6. The van der Waals surface area contributed by atoms with E-state index in [2.05, 4.69) is 154 Å². The van der Waals surface area contributed by atoms with E-state index in [1.165, 1.54) is 42.9 Å². The molecule has 0 saturated carbocycles. The minimum atomic E-state index is 0.108. The molecule has 2 heteroatoms. The lowest BCUT2D eigenvalue weighted by molar-refractivity contribution is 0.590. The monoisotopic (exact) mass is 523 g/mol. The molecule has 192 valence electrons. The van der Waals surface area contributed by atoms with E-state index in [-0.39, 0.29) is 5.41 Å². The molecule has 1 nitrogen and oxygen atoms in total. The van der Waals surface area contributed by atoms with E-state index in [4.69, 9.17) is 0 Å². The first-order chi connectivity index (χ1) is 18.9. The molecule has 5 aromatic rings. The van der Waals surface area contributed by atoms with E-state index in [1.54, 1.807) is 0 Å². The predicted molar refractivity (Wildman–Crippen MR) is 172 cm³/mol. The summed E-state index contributed by atoms with van der Waals surface area (Å²) in [6, 6.07) is 35.2. The Morgan fingerprint density at radius 2 is 1.41 bits per heavy atom. The number of anilines is 3. The van der Waals surface area contributed by atoms with E-state index in [0.717, 1.165) is 23.4 Å².